The summed E-state index contributed by atoms with van der Waals surface area (Å²) in [5, 5.41) is 13.9. The van der Waals surface area contributed by atoms with Crippen LogP contribution in [0.4, 0.5) is 8.78 Å². The van der Waals surface area contributed by atoms with Gasteiger partial charge < -0.3 is 9.47 Å². The van der Waals surface area contributed by atoms with E-state index in [1.165, 1.54) is 18.2 Å². The highest BCUT2D eigenvalue weighted by Crippen LogP contribution is 2.28. The Morgan fingerprint density at radius 2 is 1.90 bits per heavy atom. The zero-order valence-electron chi connectivity index (χ0n) is 16.0. The fraction of sp³-hybridized carbons (Fsp3) is 0.136. The van der Waals surface area contributed by atoms with Crippen LogP contribution in [0.5, 0.6) is 5.75 Å². The molecule has 2 aromatic carbocycles. The topological polar surface area (TPSA) is 77.1 Å². The number of aromatic nitrogens is 2. The first-order valence-corrected chi connectivity index (χ1v) is 9.01. The van der Waals surface area contributed by atoms with Crippen molar-refractivity contribution >= 4 is 12.0 Å². The fourth-order valence-electron chi connectivity index (χ4n) is 2.73. The van der Waals surface area contributed by atoms with E-state index in [9.17, 15) is 18.8 Å². The lowest BCUT2D eigenvalue weighted by molar-refractivity contribution is -0.137. The summed E-state index contributed by atoms with van der Waals surface area (Å²) in [6, 6.07) is 17.0. The van der Waals surface area contributed by atoms with Crippen molar-refractivity contribution in [2.75, 3.05) is 6.61 Å². The van der Waals surface area contributed by atoms with Gasteiger partial charge in [-0.25, -0.2) is 9.48 Å². The standard InChI is InChI=1S/C22H17F2N3O3/c1-2-29-21(28)16(13-25)12-17-14-27(18-6-4-3-5-7-18)26-20(17)15-8-10-19(11-9-15)30-22(23)24/h3-12,14,22H,2H2,1H3. The van der Waals surface area contributed by atoms with Gasteiger partial charge in [0.05, 0.1) is 18.0 Å². The van der Waals surface area contributed by atoms with Crippen LogP contribution < -0.4 is 4.74 Å². The number of ether oxygens (including phenoxy) is 2. The van der Waals surface area contributed by atoms with Gasteiger partial charge in [0.15, 0.2) is 0 Å². The lowest BCUT2D eigenvalue weighted by atomic mass is 10.1. The maximum absolute atomic E-state index is 12.4. The van der Waals surface area contributed by atoms with Gasteiger partial charge in [-0.15, -0.1) is 0 Å². The SMILES string of the molecule is CCOC(=O)C(C#N)=Cc1cn(-c2ccccc2)nc1-c1ccc(OC(F)F)cc1. The van der Waals surface area contributed by atoms with Crippen molar-refractivity contribution in [3.63, 3.8) is 0 Å². The van der Waals surface area contributed by atoms with Crippen molar-refractivity contribution in [1.29, 1.82) is 5.26 Å². The molecule has 0 aliphatic rings. The Morgan fingerprint density at radius 1 is 1.20 bits per heavy atom. The molecule has 0 aliphatic carbocycles. The highest BCUT2D eigenvalue weighted by Gasteiger charge is 2.16. The van der Waals surface area contributed by atoms with Gasteiger partial charge in [0.1, 0.15) is 17.4 Å². The minimum atomic E-state index is -2.92. The van der Waals surface area contributed by atoms with Gasteiger partial charge in [-0.1, -0.05) is 18.2 Å². The van der Waals surface area contributed by atoms with E-state index in [1.807, 2.05) is 36.4 Å². The Labute approximate surface area is 171 Å². The number of hydrogen-bond acceptors (Lipinski definition) is 5. The molecular weight excluding hydrogens is 392 g/mol. The first-order valence-electron chi connectivity index (χ1n) is 9.01. The van der Waals surface area contributed by atoms with E-state index in [-0.39, 0.29) is 17.9 Å². The molecule has 1 heterocycles. The summed E-state index contributed by atoms with van der Waals surface area (Å²) in [6.45, 7) is -1.14. The smallest absolute Gasteiger partial charge is 0.387 e. The Hall–Kier alpha value is -3.99. The Kier molecular flexibility index (Phi) is 6.55. The molecule has 0 amide bonds. The summed E-state index contributed by atoms with van der Waals surface area (Å²) in [4.78, 5) is 12.0. The predicted molar refractivity (Wildman–Crippen MR) is 106 cm³/mol. The molecule has 30 heavy (non-hydrogen) atoms. The third kappa shape index (κ3) is 4.89. The van der Waals surface area contributed by atoms with Gasteiger partial charge in [0, 0.05) is 17.3 Å². The lowest BCUT2D eigenvalue weighted by Gasteiger charge is -2.05. The predicted octanol–water partition coefficient (Wildman–Crippen LogP) is 4.61. The fourth-order valence-corrected chi connectivity index (χ4v) is 2.73. The normalized spacial score (nSPS) is 11.2. The molecule has 0 fully saturated rings. The average Bonchev–Trinajstić information content (AvgIpc) is 3.17. The molecule has 6 nitrogen and oxygen atoms in total. The van der Waals surface area contributed by atoms with Gasteiger partial charge >= 0.3 is 12.6 Å². The molecule has 0 atom stereocenters. The quantitative estimate of drug-likeness (QED) is 0.324. The molecule has 0 bridgehead atoms. The van der Waals surface area contributed by atoms with Crippen molar-refractivity contribution in [3.05, 3.63) is 71.9 Å². The Morgan fingerprint density at radius 3 is 2.50 bits per heavy atom. The van der Waals surface area contributed by atoms with Crippen molar-refractivity contribution in [3.8, 4) is 28.8 Å². The molecule has 0 spiro atoms. The molecule has 0 aliphatic heterocycles. The number of carbonyl (C=O) groups is 1. The van der Waals surface area contributed by atoms with Crippen LogP contribution in [0.3, 0.4) is 0 Å². The number of alkyl halides is 2. The molecule has 0 N–H and O–H groups in total. The number of halogens is 2. The second-order valence-corrected chi connectivity index (χ2v) is 6.01. The number of carbonyl (C=O) groups excluding carboxylic acids is 1. The number of nitrogens with zero attached hydrogens (tertiary/aromatic N) is 3. The van der Waals surface area contributed by atoms with E-state index in [0.29, 0.717) is 16.8 Å². The highest BCUT2D eigenvalue weighted by atomic mass is 19.3. The van der Waals surface area contributed by atoms with Crippen LogP contribution in [0.15, 0.2) is 66.4 Å². The van der Waals surface area contributed by atoms with Gasteiger partial charge in [-0.2, -0.15) is 19.1 Å². The number of nitriles is 1. The van der Waals surface area contributed by atoms with Crippen LogP contribution >= 0.6 is 0 Å². The van der Waals surface area contributed by atoms with Crippen LogP contribution in [0.1, 0.15) is 12.5 Å². The first kappa shape index (κ1) is 20.7. The molecule has 0 radical (unpaired) electrons. The largest absolute Gasteiger partial charge is 0.462 e. The van der Waals surface area contributed by atoms with Crippen LogP contribution in [-0.4, -0.2) is 29.0 Å². The van der Waals surface area contributed by atoms with E-state index in [1.54, 1.807) is 29.9 Å². The molecule has 0 saturated heterocycles. The van der Waals surface area contributed by atoms with Gasteiger partial charge in [-0.05, 0) is 49.4 Å². The molecule has 3 rings (SSSR count). The van der Waals surface area contributed by atoms with Crippen molar-refractivity contribution < 1.29 is 23.0 Å². The van der Waals surface area contributed by atoms with Crippen molar-refractivity contribution in [2.24, 2.45) is 0 Å². The van der Waals surface area contributed by atoms with Gasteiger partial charge in [0.25, 0.3) is 0 Å². The molecule has 152 valence electrons. The molecule has 1 aromatic heterocycles. The van der Waals surface area contributed by atoms with Gasteiger partial charge in [-0.3, -0.25) is 0 Å². The molecule has 0 unspecified atom stereocenters. The number of para-hydroxylation sites is 1. The van der Waals surface area contributed by atoms with Gasteiger partial charge in [0.2, 0.25) is 0 Å². The summed E-state index contributed by atoms with van der Waals surface area (Å²) >= 11 is 0. The number of benzene rings is 2. The molecular formula is C22H17F2N3O3. The van der Waals surface area contributed by atoms with E-state index >= 15 is 0 Å². The summed E-state index contributed by atoms with van der Waals surface area (Å²) < 4.78 is 35.7. The Bertz CT molecular complexity index is 1090. The third-order valence-corrected chi connectivity index (χ3v) is 4.03. The summed E-state index contributed by atoms with van der Waals surface area (Å²) in [7, 11) is 0. The van der Waals surface area contributed by atoms with E-state index < -0.39 is 12.6 Å². The van der Waals surface area contributed by atoms with Crippen LogP contribution in [0, 0.1) is 11.3 Å². The number of rotatable bonds is 7. The van der Waals surface area contributed by atoms with E-state index in [4.69, 9.17) is 4.74 Å². The minimum Gasteiger partial charge on any atom is -0.462 e. The monoisotopic (exact) mass is 409 g/mol. The van der Waals surface area contributed by atoms with E-state index in [2.05, 4.69) is 9.84 Å². The van der Waals surface area contributed by atoms with Crippen LogP contribution in [-0.2, 0) is 9.53 Å². The summed E-state index contributed by atoms with van der Waals surface area (Å²) in [5.41, 5.74) is 2.14. The molecule has 8 heteroatoms. The second kappa shape index (κ2) is 9.47. The maximum atomic E-state index is 12.4. The molecule has 3 aromatic rings. The van der Waals surface area contributed by atoms with E-state index in [0.717, 1.165) is 5.69 Å². The zero-order chi connectivity index (χ0) is 21.5. The van der Waals surface area contributed by atoms with Crippen molar-refractivity contribution in [1.82, 2.24) is 9.78 Å². The summed E-state index contributed by atoms with van der Waals surface area (Å²) in [5.74, 6) is -0.725. The number of esters is 1. The Balaban J connectivity index is 2.07. The van der Waals surface area contributed by atoms with Crippen LogP contribution in [0.25, 0.3) is 23.0 Å². The minimum absolute atomic E-state index is 0.0116. The third-order valence-electron chi connectivity index (χ3n) is 4.03. The van der Waals surface area contributed by atoms with Crippen molar-refractivity contribution in [2.45, 2.75) is 13.5 Å². The highest BCUT2D eigenvalue weighted by molar-refractivity contribution is 5.98. The summed E-state index contributed by atoms with van der Waals surface area (Å²) in [6.07, 6.45) is 3.06. The second-order valence-electron chi connectivity index (χ2n) is 6.01. The maximum Gasteiger partial charge on any atom is 0.387 e. The molecule has 0 saturated carbocycles. The zero-order valence-corrected chi connectivity index (χ0v) is 16.0. The number of hydrogen-bond donors (Lipinski definition) is 0. The lowest BCUT2D eigenvalue weighted by Crippen LogP contribution is -2.06. The first-order chi connectivity index (χ1) is 14.5. The van der Waals surface area contributed by atoms with Crippen LogP contribution in [0.2, 0.25) is 0 Å². The average molecular weight is 409 g/mol.